The third-order valence-corrected chi connectivity index (χ3v) is 3.94. The first-order valence-electron chi connectivity index (χ1n) is 9.15. The van der Waals surface area contributed by atoms with E-state index in [1.165, 1.54) is 70.6 Å². The van der Waals surface area contributed by atoms with Gasteiger partial charge in [-0.25, -0.2) is 0 Å². The standard InChI is InChI=1S/C18H35NO3.Na/c1-2-3-4-5-6-7-8-9-10-11-12-13-14-15-17(20)19-16-18(21)22;/h2-16H2,1H3,(H,19,20)(H,21,22);. The average Bonchev–Trinajstić information content (AvgIpc) is 2.49. The van der Waals surface area contributed by atoms with Crippen molar-refractivity contribution in [3.8, 4) is 0 Å². The molecular formula is C18H35NNaO3. The van der Waals surface area contributed by atoms with E-state index >= 15 is 0 Å². The van der Waals surface area contributed by atoms with Gasteiger partial charge in [0.2, 0.25) is 5.91 Å². The molecule has 0 aliphatic carbocycles. The van der Waals surface area contributed by atoms with Gasteiger partial charge in [0.15, 0.2) is 0 Å². The van der Waals surface area contributed by atoms with Crippen LogP contribution in [0.15, 0.2) is 0 Å². The van der Waals surface area contributed by atoms with Gasteiger partial charge in [0, 0.05) is 36.0 Å². The minimum atomic E-state index is -0.987. The van der Waals surface area contributed by atoms with Crippen molar-refractivity contribution in [1.29, 1.82) is 0 Å². The summed E-state index contributed by atoms with van der Waals surface area (Å²) in [4.78, 5) is 21.6. The second-order valence-corrected chi connectivity index (χ2v) is 6.16. The summed E-state index contributed by atoms with van der Waals surface area (Å²) in [5, 5.41) is 10.8. The smallest absolute Gasteiger partial charge is 0.322 e. The monoisotopic (exact) mass is 336 g/mol. The molecule has 23 heavy (non-hydrogen) atoms. The topological polar surface area (TPSA) is 66.4 Å². The minimum absolute atomic E-state index is 0. The summed E-state index contributed by atoms with van der Waals surface area (Å²) in [5.41, 5.74) is 0. The normalized spacial score (nSPS) is 10.1. The Morgan fingerprint density at radius 2 is 1.13 bits per heavy atom. The largest absolute Gasteiger partial charge is 0.480 e. The van der Waals surface area contributed by atoms with Gasteiger partial charge in [0.05, 0.1) is 0 Å². The van der Waals surface area contributed by atoms with Crippen LogP contribution in [0.5, 0.6) is 0 Å². The summed E-state index contributed by atoms with van der Waals surface area (Å²) in [6.45, 7) is 1.99. The van der Waals surface area contributed by atoms with Crippen molar-refractivity contribution in [2.24, 2.45) is 0 Å². The first-order chi connectivity index (χ1) is 10.7. The van der Waals surface area contributed by atoms with Crippen LogP contribution in [0.25, 0.3) is 0 Å². The first-order valence-corrected chi connectivity index (χ1v) is 9.15. The van der Waals surface area contributed by atoms with E-state index < -0.39 is 5.97 Å². The van der Waals surface area contributed by atoms with Crippen LogP contribution >= 0.6 is 0 Å². The molecule has 4 nitrogen and oxygen atoms in total. The Kier molecular flexibility index (Phi) is 21.9. The number of carboxylic acids is 1. The maximum absolute atomic E-state index is 11.3. The van der Waals surface area contributed by atoms with Crippen LogP contribution < -0.4 is 5.32 Å². The van der Waals surface area contributed by atoms with Crippen molar-refractivity contribution in [3.05, 3.63) is 0 Å². The molecule has 0 fully saturated rings. The van der Waals surface area contributed by atoms with Gasteiger partial charge in [0.1, 0.15) is 6.54 Å². The number of carbonyl (C=O) groups excluding carboxylic acids is 1. The van der Waals surface area contributed by atoms with Crippen LogP contribution in [0.4, 0.5) is 0 Å². The summed E-state index contributed by atoms with van der Waals surface area (Å²) in [6, 6.07) is 0. The molecule has 0 aliphatic heterocycles. The van der Waals surface area contributed by atoms with Crippen LogP contribution in [-0.4, -0.2) is 53.1 Å². The van der Waals surface area contributed by atoms with Gasteiger partial charge < -0.3 is 10.4 Å². The molecule has 0 saturated carbocycles. The molecule has 0 heterocycles. The Balaban J connectivity index is 0. The van der Waals surface area contributed by atoms with Crippen LogP contribution in [0, 0.1) is 0 Å². The van der Waals surface area contributed by atoms with Gasteiger partial charge in [-0.3, -0.25) is 9.59 Å². The number of carboxylic acid groups (broad SMARTS) is 1. The molecule has 0 atom stereocenters. The third-order valence-electron chi connectivity index (χ3n) is 3.94. The van der Waals surface area contributed by atoms with Gasteiger partial charge in [-0.1, -0.05) is 84.0 Å². The Hall–Kier alpha value is -0.0600. The van der Waals surface area contributed by atoms with E-state index in [0.717, 1.165) is 12.8 Å². The maximum atomic E-state index is 11.3. The van der Waals surface area contributed by atoms with Crippen LogP contribution in [0.3, 0.4) is 0 Å². The van der Waals surface area contributed by atoms with E-state index in [0.29, 0.717) is 6.42 Å². The van der Waals surface area contributed by atoms with Crippen molar-refractivity contribution in [2.75, 3.05) is 6.54 Å². The quantitative estimate of drug-likeness (QED) is 0.326. The van der Waals surface area contributed by atoms with Gasteiger partial charge in [-0.05, 0) is 6.42 Å². The summed E-state index contributed by atoms with van der Waals surface area (Å²) < 4.78 is 0. The van der Waals surface area contributed by atoms with E-state index in [-0.39, 0.29) is 42.0 Å². The number of aliphatic carboxylic acids is 1. The molecule has 5 heteroatoms. The molecule has 0 unspecified atom stereocenters. The zero-order chi connectivity index (χ0) is 16.5. The zero-order valence-electron chi connectivity index (χ0n) is 15.4. The number of carbonyl (C=O) groups is 2. The predicted molar refractivity (Wildman–Crippen MR) is 96.7 cm³/mol. The molecule has 0 bridgehead atoms. The Morgan fingerprint density at radius 3 is 1.52 bits per heavy atom. The third kappa shape index (κ3) is 21.9. The van der Waals surface area contributed by atoms with Crippen molar-refractivity contribution in [3.63, 3.8) is 0 Å². The minimum Gasteiger partial charge on any atom is -0.480 e. The molecule has 0 aromatic heterocycles. The molecule has 1 amide bonds. The van der Waals surface area contributed by atoms with E-state index in [1.807, 2.05) is 0 Å². The van der Waals surface area contributed by atoms with Gasteiger partial charge in [-0.15, -0.1) is 0 Å². The summed E-state index contributed by atoms with van der Waals surface area (Å²) >= 11 is 0. The molecule has 131 valence electrons. The fraction of sp³-hybridized carbons (Fsp3) is 0.889. The molecule has 1 radical (unpaired) electrons. The number of unbranched alkanes of at least 4 members (excludes halogenated alkanes) is 12. The van der Waals surface area contributed by atoms with E-state index in [2.05, 4.69) is 12.2 Å². The molecule has 0 spiro atoms. The fourth-order valence-corrected chi connectivity index (χ4v) is 2.57. The first kappa shape index (κ1) is 25.2. The fourth-order valence-electron chi connectivity index (χ4n) is 2.57. The van der Waals surface area contributed by atoms with Crippen molar-refractivity contribution in [1.82, 2.24) is 5.32 Å². The molecule has 0 rings (SSSR count). The second-order valence-electron chi connectivity index (χ2n) is 6.16. The van der Waals surface area contributed by atoms with Crippen molar-refractivity contribution < 1.29 is 14.7 Å². The SMILES string of the molecule is CCCCCCCCCCCCCCCC(=O)NCC(=O)O.[Na]. The van der Waals surface area contributed by atoms with Crippen molar-refractivity contribution >= 4 is 41.4 Å². The van der Waals surface area contributed by atoms with Crippen molar-refractivity contribution in [2.45, 2.75) is 96.8 Å². The Labute approximate surface area is 164 Å². The molecule has 0 aromatic carbocycles. The van der Waals surface area contributed by atoms with E-state index in [9.17, 15) is 9.59 Å². The average molecular weight is 336 g/mol. The number of hydrogen-bond donors (Lipinski definition) is 2. The number of hydrogen-bond acceptors (Lipinski definition) is 2. The molecule has 2 N–H and O–H groups in total. The summed E-state index contributed by atoms with van der Waals surface area (Å²) in [6.07, 6.45) is 17.1. The van der Waals surface area contributed by atoms with E-state index in [1.54, 1.807) is 0 Å². The summed E-state index contributed by atoms with van der Waals surface area (Å²) in [7, 11) is 0. The van der Waals surface area contributed by atoms with Gasteiger partial charge in [-0.2, -0.15) is 0 Å². The number of nitrogens with one attached hydrogen (secondary N) is 1. The van der Waals surface area contributed by atoms with E-state index in [4.69, 9.17) is 5.11 Å². The number of rotatable bonds is 16. The molecular weight excluding hydrogens is 301 g/mol. The Bertz CT molecular complexity index is 285. The molecule has 0 aromatic rings. The summed E-state index contributed by atoms with van der Waals surface area (Å²) in [5.74, 6) is -1.14. The van der Waals surface area contributed by atoms with Crippen LogP contribution in [0.1, 0.15) is 96.8 Å². The maximum Gasteiger partial charge on any atom is 0.322 e. The number of amides is 1. The Morgan fingerprint density at radius 1 is 0.739 bits per heavy atom. The zero-order valence-corrected chi connectivity index (χ0v) is 17.4. The second kappa shape index (κ2) is 20.0. The predicted octanol–water partition coefficient (Wildman–Crippen LogP) is 4.29. The van der Waals surface area contributed by atoms with Gasteiger partial charge >= 0.3 is 5.97 Å². The van der Waals surface area contributed by atoms with Crippen LogP contribution in [-0.2, 0) is 9.59 Å². The van der Waals surface area contributed by atoms with Crippen LogP contribution in [0.2, 0.25) is 0 Å². The molecule has 0 aliphatic rings. The molecule has 0 saturated heterocycles. The van der Waals surface area contributed by atoms with Gasteiger partial charge in [0.25, 0.3) is 0 Å².